The predicted octanol–water partition coefficient (Wildman–Crippen LogP) is 3.17. The molecular formula is C26H23N7O2. The monoisotopic (exact) mass is 465 g/mol. The summed E-state index contributed by atoms with van der Waals surface area (Å²) in [6.07, 6.45) is 4.79. The molecular weight excluding hydrogens is 442 g/mol. The fraction of sp³-hybridized carbons (Fsp3) is 0.192. The van der Waals surface area contributed by atoms with Crippen LogP contribution in [0.15, 0.2) is 60.9 Å². The molecule has 0 aliphatic heterocycles. The topological polar surface area (TPSA) is 128 Å². The third kappa shape index (κ3) is 4.42. The van der Waals surface area contributed by atoms with Crippen LogP contribution < -0.4 is 16.4 Å². The van der Waals surface area contributed by atoms with Crippen molar-refractivity contribution < 1.29 is 9.59 Å². The van der Waals surface area contributed by atoms with Crippen LogP contribution in [-0.4, -0.2) is 37.6 Å². The van der Waals surface area contributed by atoms with Crippen LogP contribution in [-0.2, 0) is 4.79 Å². The highest BCUT2D eigenvalue weighted by molar-refractivity contribution is 6.05. The highest BCUT2D eigenvalue weighted by Crippen LogP contribution is 2.38. The van der Waals surface area contributed by atoms with E-state index in [4.69, 9.17) is 10.8 Å². The number of nitrogens with zero attached hydrogens (tertiary/aromatic N) is 4. The Morgan fingerprint density at radius 3 is 2.57 bits per heavy atom. The molecule has 1 aromatic carbocycles. The summed E-state index contributed by atoms with van der Waals surface area (Å²) < 4.78 is 1.96. The van der Waals surface area contributed by atoms with Crippen LogP contribution in [0.25, 0.3) is 22.2 Å². The zero-order valence-corrected chi connectivity index (χ0v) is 19.0. The molecule has 2 amide bonds. The molecule has 1 aliphatic rings. The third-order valence-electron chi connectivity index (χ3n) is 6.01. The Hall–Kier alpha value is -4.71. The number of anilines is 2. The lowest BCUT2D eigenvalue weighted by atomic mass is 9.86. The van der Waals surface area contributed by atoms with Crippen molar-refractivity contribution in [2.24, 2.45) is 0 Å². The van der Waals surface area contributed by atoms with Crippen molar-refractivity contribution in [2.75, 3.05) is 11.1 Å². The highest BCUT2D eigenvalue weighted by atomic mass is 16.2. The van der Waals surface area contributed by atoms with E-state index in [-0.39, 0.29) is 23.9 Å². The lowest BCUT2D eigenvalue weighted by Gasteiger charge is -2.35. The van der Waals surface area contributed by atoms with Gasteiger partial charge in [-0.15, -0.1) is 0 Å². The first-order valence-electron chi connectivity index (χ1n) is 11.2. The van der Waals surface area contributed by atoms with E-state index in [0.29, 0.717) is 22.9 Å². The first-order valence-corrected chi connectivity index (χ1v) is 11.2. The van der Waals surface area contributed by atoms with E-state index in [9.17, 15) is 9.59 Å². The molecule has 1 fully saturated rings. The predicted molar refractivity (Wildman–Crippen MR) is 133 cm³/mol. The van der Waals surface area contributed by atoms with Crippen molar-refractivity contribution in [3.63, 3.8) is 0 Å². The minimum atomic E-state index is -0.262. The number of carbonyl (C=O) groups excluding carboxylic acids is 2. The highest BCUT2D eigenvalue weighted by Gasteiger charge is 2.34. The first kappa shape index (κ1) is 22.1. The standard InChI is InChI=1S/C26H23N7O2/c1-2-5-22(34)30-18-14-19(15-18)33-20-11-13-29-25(27)23(20)24(32-33)16-7-9-17(10-8-16)26(35)31-21-6-3-4-12-28-21/h3-4,6-13,18-19H,14-15H2,1H3,(H2,27,29)(H,30,34)(H,28,31,35). The maximum absolute atomic E-state index is 12.6. The summed E-state index contributed by atoms with van der Waals surface area (Å²) in [5.74, 6) is 5.49. The van der Waals surface area contributed by atoms with E-state index in [1.165, 1.54) is 0 Å². The normalized spacial score (nSPS) is 16.6. The smallest absolute Gasteiger partial charge is 0.296 e. The minimum absolute atomic E-state index is 0.0622. The SMILES string of the molecule is CC#CC(=O)NC1CC(n2nc(-c3ccc(C(=O)Nc4ccccn4)cc3)c3c(N)nccc32)C1. The summed E-state index contributed by atoms with van der Waals surface area (Å²) in [5, 5.41) is 11.3. The number of hydrogen-bond donors (Lipinski definition) is 3. The molecule has 1 saturated carbocycles. The van der Waals surface area contributed by atoms with Gasteiger partial charge >= 0.3 is 0 Å². The quantitative estimate of drug-likeness (QED) is 0.389. The average Bonchev–Trinajstić information content (AvgIpc) is 3.22. The molecule has 9 heteroatoms. The minimum Gasteiger partial charge on any atom is -0.383 e. The summed E-state index contributed by atoms with van der Waals surface area (Å²) in [5.41, 5.74) is 9.16. The van der Waals surface area contributed by atoms with E-state index in [0.717, 1.165) is 29.3 Å². The number of rotatable bonds is 5. The molecule has 0 spiro atoms. The van der Waals surface area contributed by atoms with Gasteiger partial charge in [0.1, 0.15) is 17.3 Å². The van der Waals surface area contributed by atoms with Gasteiger partial charge in [-0.2, -0.15) is 5.10 Å². The Morgan fingerprint density at radius 2 is 1.86 bits per heavy atom. The summed E-state index contributed by atoms with van der Waals surface area (Å²) in [6.45, 7) is 1.64. The molecule has 4 N–H and O–H groups in total. The molecule has 174 valence electrons. The van der Waals surface area contributed by atoms with Gasteiger partial charge < -0.3 is 16.4 Å². The van der Waals surface area contributed by atoms with E-state index in [1.54, 1.807) is 43.6 Å². The molecule has 35 heavy (non-hydrogen) atoms. The van der Waals surface area contributed by atoms with Crippen molar-refractivity contribution in [3.05, 3.63) is 66.5 Å². The summed E-state index contributed by atoms with van der Waals surface area (Å²) >= 11 is 0. The first-order chi connectivity index (χ1) is 17.0. The number of pyridine rings is 2. The van der Waals surface area contributed by atoms with E-state index in [2.05, 4.69) is 32.4 Å². The molecule has 0 atom stereocenters. The number of amides is 2. The van der Waals surface area contributed by atoms with Crippen LogP contribution >= 0.6 is 0 Å². The van der Waals surface area contributed by atoms with Crippen molar-refractivity contribution in [1.82, 2.24) is 25.1 Å². The zero-order valence-electron chi connectivity index (χ0n) is 19.0. The molecule has 9 nitrogen and oxygen atoms in total. The summed E-state index contributed by atoms with van der Waals surface area (Å²) in [6, 6.07) is 14.6. The maximum Gasteiger partial charge on any atom is 0.296 e. The fourth-order valence-corrected chi connectivity index (χ4v) is 4.24. The number of nitrogen functional groups attached to an aromatic ring is 1. The Labute approximate surface area is 201 Å². The molecule has 3 heterocycles. The molecule has 5 rings (SSSR count). The van der Waals surface area contributed by atoms with Crippen molar-refractivity contribution in [1.29, 1.82) is 0 Å². The Balaban J connectivity index is 1.39. The van der Waals surface area contributed by atoms with Crippen molar-refractivity contribution in [2.45, 2.75) is 31.8 Å². The van der Waals surface area contributed by atoms with Crippen LogP contribution in [0.1, 0.15) is 36.2 Å². The summed E-state index contributed by atoms with van der Waals surface area (Å²) in [4.78, 5) is 32.7. The molecule has 1 aliphatic carbocycles. The molecule has 0 unspecified atom stereocenters. The molecule has 0 bridgehead atoms. The lowest BCUT2D eigenvalue weighted by molar-refractivity contribution is -0.117. The average molecular weight is 466 g/mol. The van der Waals surface area contributed by atoms with Gasteiger partial charge in [-0.1, -0.05) is 24.1 Å². The number of carbonyl (C=O) groups is 2. The Kier molecular flexibility index (Phi) is 5.85. The number of nitrogens with two attached hydrogens (primary N) is 1. The maximum atomic E-state index is 12.6. The van der Waals surface area contributed by atoms with Gasteiger partial charge in [-0.3, -0.25) is 14.3 Å². The molecule has 4 aromatic rings. The zero-order chi connectivity index (χ0) is 24.4. The molecule has 0 saturated heterocycles. The number of benzene rings is 1. The fourth-order valence-electron chi connectivity index (χ4n) is 4.24. The van der Waals surface area contributed by atoms with Gasteiger partial charge in [0.2, 0.25) is 0 Å². The van der Waals surface area contributed by atoms with Crippen LogP contribution in [0.5, 0.6) is 0 Å². The van der Waals surface area contributed by atoms with Crippen molar-refractivity contribution in [3.8, 4) is 23.1 Å². The van der Waals surface area contributed by atoms with Gasteiger partial charge in [0, 0.05) is 29.6 Å². The van der Waals surface area contributed by atoms with E-state index >= 15 is 0 Å². The van der Waals surface area contributed by atoms with Gasteiger partial charge in [0.25, 0.3) is 11.8 Å². The third-order valence-corrected chi connectivity index (χ3v) is 6.01. The number of fused-ring (bicyclic) bond motifs is 1. The summed E-state index contributed by atoms with van der Waals surface area (Å²) in [7, 11) is 0. The van der Waals surface area contributed by atoms with Gasteiger partial charge in [-0.05, 0) is 56.0 Å². The number of hydrogen-bond acceptors (Lipinski definition) is 6. The molecule has 0 radical (unpaired) electrons. The number of aromatic nitrogens is 4. The second-order valence-electron chi connectivity index (χ2n) is 8.30. The van der Waals surface area contributed by atoms with Gasteiger partial charge in [0.15, 0.2) is 0 Å². The Morgan fingerprint density at radius 1 is 1.06 bits per heavy atom. The van der Waals surface area contributed by atoms with Crippen LogP contribution in [0, 0.1) is 11.8 Å². The van der Waals surface area contributed by atoms with Crippen LogP contribution in [0.3, 0.4) is 0 Å². The van der Waals surface area contributed by atoms with Crippen molar-refractivity contribution >= 4 is 34.4 Å². The van der Waals surface area contributed by atoms with E-state index < -0.39 is 0 Å². The molecule has 3 aromatic heterocycles. The van der Waals surface area contributed by atoms with E-state index in [1.807, 2.05) is 28.9 Å². The number of nitrogens with one attached hydrogen (secondary N) is 2. The van der Waals surface area contributed by atoms with Gasteiger partial charge in [0.05, 0.1) is 16.9 Å². The second kappa shape index (κ2) is 9.27. The van der Waals surface area contributed by atoms with Gasteiger partial charge in [-0.25, -0.2) is 9.97 Å². The van der Waals surface area contributed by atoms with Crippen LogP contribution in [0.4, 0.5) is 11.6 Å². The lowest BCUT2D eigenvalue weighted by Crippen LogP contribution is -2.44. The van der Waals surface area contributed by atoms with Crippen LogP contribution in [0.2, 0.25) is 0 Å². The largest absolute Gasteiger partial charge is 0.383 e. The Bertz CT molecular complexity index is 1460. The second-order valence-corrected chi connectivity index (χ2v) is 8.30.